The summed E-state index contributed by atoms with van der Waals surface area (Å²) in [6.45, 7) is 5.78. The Hall–Kier alpha value is -1.02. The third-order valence-corrected chi connectivity index (χ3v) is 1.96. The molecule has 13 heavy (non-hydrogen) atoms. The van der Waals surface area contributed by atoms with Crippen molar-refractivity contribution in [3.05, 3.63) is 35.9 Å². The molecule has 0 spiro atoms. The lowest BCUT2D eigenvalue weighted by atomic mass is 10.0. The lowest BCUT2D eigenvalue weighted by Crippen LogP contribution is -1.99. The Morgan fingerprint density at radius 1 is 1.38 bits per heavy atom. The molecule has 1 rings (SSSR count). The van der Waals surface area contributed by atoms with Gasteiger partial charge in [-0.25, -0.2) is 0 Å². The topological polar surface area (TPSA) is 29.5 Å². The van der Waals surface area contributed by atoms with E-state index in [1.807, 2.05) is 32.0 Å². The molecule has 0 saturated carbocycles. The molecule has 1 radical (unpaired) electrons. The quantitative estimate of drug-likeness (QED) is 0.769. The van der Waals surface area contributed by atoms with Gasteiger partial charge in [0.05, 0.1) is 6.61 Å². The Kier molecular flexibility index (Phi) is 3.77. The maximum atomic E-state index is 8.96. The zero-order valence-electron chi connectivity index (χ0n) is 8.08. The molecule has 1 aromatic rings. The van der Waals surface area contributed by atoms with Crippen LogP contribution < -0.4 is 4.74 Å². The van der Waals surface area contributed by atoms with Crippen molar-refractivity contribution in [3.63, 3.8) is 0 Å². The van der Waals surface area contributed by atoms with Gasteiger partial charge in [-0.3, -0.25) is 0 Å². The molecule has 71 valence electrons. The van der Waals surface area contributed by atoms with Crippen molar-refractivity contribution < 1.29 is 9.84 Å². The van der Waals surface area contributed by atoms with Gasteiger partial charge in [0.15, 0.2) is 0 Å². The van der Waals surface area contributed by atoms with Crippen LogP contribution in [0.15, 0.2) is 18.2 Å². The number of hydrogen-bond donors (Lipinski definition) is 1. The van der Waals surface area contributed by atoms with Crippen LogP contribution in [0.5, 0.6) is 5.75 Å². The second-order valence-corrected chi connectivity index (χ2v) is 2.74. The van der Waals surface area contributed by atoms with E-state index in [-0.39, 0.29) is 0 Å². The molecule has 0 aliphatic heterocycles. The molecule has 0 aliphatic rings. The van der Waals surface area contributed by atoms with Gasteiger partial charge in [0.1, 0.15) is 12.4 Å². The van der Waals surface area contributed by atoms with E-state index in [9.17, 15) is 0 Å². The van der Waals surface area contributed by atoms with Crippen molar-refractivity contribution in [3.8, 4) is 5.75 Å². The van der Waals surface area contributed by atoms with Crippen molar-refractivity contribution in [1.29, 1.82) is 0 Å². The highest BCUT2D eigenvalue weighted by molar-refractivity contribution is 5.42. The summed E-state index contributed by atoms with van der Waals surface area (Å²) in [7, 11) is 0. The Balaban J connectivity index is 3.03. The minimum absolute atomic E-state index is 0.655. The van der Waals surface area contributed by atoms with Crippen LogP contribution >= 0.6 is 0 Å². The maximum absolute atomic E-state index is 8.96. The first kappa shape index (κ1) is 10.1. The van der Waals surface area contributed by atoms with E-state index in [1.165, 1.54) is 0 Å². The van der Waals surface area contributed by atoms with E-state index in [2.05, 4.69) is 0 Å². The predicted octanol–water partition coefficient (Wildman–Crippen LogP) is 2.53. The molecule has 0 aliphatic carbocycles. The van der Waals surface area contributed by atoms with Gasteiger partial charge in [0, 0.05) is 0 Å². The molecule has 0 atom stereocenters. The molecular weight excluding hydrogens is 164 g/mol. The van der Waals surface area contributed by atoms with Crippen LogP contribution in [-0.2, 0) is 6.42 Å². The highest BCUT2D eigenvalue weighted by Crippen LogP contribution is 2.23. The number of aliphatic hydroxyl groups excluding tert-OH is 1. The Labute approximate surface area is 79.2 Å². The maximum Gasteiger partial charge on any atom is 0.122 e. The Bertz CT molecular complexity index is 269. The van der Waals surface area contributed by atoms with E-state index >= 15 is 0 Å². The molecular formula is C11H15O2. The van der Waals surface area contributed by atoms with Gasteiger partial charge in [-0.05, 0) is 30.5 Å². The van der Waals surface area contributed by atoms with Crippen molar-refractivity contribution in [2.45, 2.75) is 20.3 Å². The zero-order chi connectivity index (χ0) is 9.68. The highest BCUT2D eigenvalue weighted by Gasteiger charge is 2.05. The normalized spacial score (nSPS) is 10.1. The molecule has 0 bridgehead atoms. The molecule has 0 heterocycles. The Morgan fingerprint density at radius 3 is 2.69 bits per heavy atom. The summed E-state index contributed by atoms with van der Waals surface area (Å²) in [5, 5.41) is 8.96. The first-order valence-corrected chi connectivity index (χ1v) is 4.55. The van der Waals surface area contributed by atoms with Crippen molar-refractivity contribution in [2.24, 2.45) is 0 Å². The SMILES string of the molecule is CCOc1cccc([CH]O)c1CC. The summed E-state index contributed by atoms with van der Waals surface area (Å²) < 4.78 is 5.44. The van der Waals surface area contributed by atoms with Crippen molar-refractivity contribution in [2.75, 3.05) is 6.61 Å². The first-order valence-electron chi connectivity index (χ1n) is 4.55. The summed E-state index contributed by atoms with van der Waals surface area (Å²) in [6, 6.07) is 5.68. The van der Waals surface area contributed by atoms with Crippen molar-refractivity contribution in [1.82, 2.24) is 0 Å². The van der Waals surface area contributed by atoms with Crippen LogP contribution in [0.4, 0.5) is 0 Å². The van der Waals surface area contributed by atoms with Crippen molar-refractivity contribution >= 4 is 0 Å². The van der Waals surface area contributed by atoms with Gasteiger partial charge >= 0.3 is 0 Å². The van der Waals surface area contributed by atoms with E-state index in [4.69, 9.17) is 9.84 Å². The third-order valence-electron chi connectivity index (χ3n) is 1.96. The number of rotatable bonds is 4. The number of benzene rings is 1. The third kappa shape index (κ3) is 2.22. The van der Waals surface area contributed by atoms with Gasteiger partial charge in [-0.2, -0.15) is 0 Å². The standard InChI is InChI=1S/C11H15O2/c1-3-10-9(8-12)6-5-7-11(10)13-4-2/h5-8,12H,3-4H2,1-2H3. The minimum Gasteiger partial charge on any atom is -0.494 e. The van der Waals surface area contributed by atoms with Gasteiger partial charge in [0.2, 0.25) is 0 Å². The van der Waals surface area contributed by atoms with Crippen LogP contribution in [0.25, 0.3) is 0 Å². The summed E-state index contributed by atoms with van der Waals surface area (Å²) in [6.07, 6.45) is 0.864. The average molecular weight is 179 g/mol. The smallest absolute Gasteiger partial charge is 0.122 e. The molecule has 0 unspecified atom stereocenters. The fourth-order valence-corrected chi connectivity index (χ4v) is 1.37. The van der Waals surface area contributed by atoms with Gasteiger partial charge < -0.3 is 9.84 Å². The van der Waals surface area contributed by atoms with E-state index in [0.717, 1.165) is 29.9 Å². The van der Waals surface area contributed by atoms with Crippen LogP contribution in [0.1, 0.15) is 25.0 Å². The Morgan fingerprint density at radius 2 is 2.15 bits per heavy atom. The van der Waals surface area contributed by atoms with Crippen LogP contribution in [0, 0.1) is 6.61 Å². The molecule has 0 aromatic heterocycles. The number of ether oxygens (including phenoxy) is 1. The number of hydrogen-bond acceptors (Lipinski definition) is 2. The van der Waals surface area contributed by atoms with Gasteiger partial charge in [-0.15, -0.1) is 0 Å². The van der Waals surface area contributed by atoms with Gasteiger partial charge in [-0.1, -0.05) is 19.1 Å². The fraction of sp³-hybridized carbons (Fsp3) is 0.364. The fourth-order valence-electron chi connectivity index (χ4n) is 1.37. The highest BCUT2D eigenvalue weighted by atomic mass is 16.5. The van der Waals surface area contributed by atoms with E-state index < -0.39 is 0 Å². The summed E-state index contributed by atoms with van der Waals surface area (Å²) in [4.78, 5) is 0. The van der Waals surface area contributed by atoms with Crippen LogP contribution in [0.2, 0.25) is 0 Å². The molecule has 1 aromatic carbocycles. The molecule has 0 saturated heterocycles. The van der Waals surface area contributed by atoms with Crippen LogP contribution in [-0.4, -0.2) is 11.7 Å². The second kappa shape index (κ2) is 4.87. The molecule has 0 amide bonds. The molecule has 2 nitrogen and oxygen atoms in total. The van der Waals surface area contributed by atoms with E-state index in [0.29, 0.717) is 6.61 Å². The minimum atomic E-state index is 0.655. The largest absolute Gasteiger partial charge is 0.494 e. The number of aliphatic hydroxyl groups is 1. The molecule has 2 heteroatoms. The predicted molar refractivity (Wildman–Crippen MR) is 52.3 cm³/mol. The zero-order valence-corrected chi connectivity index (χ0v) is 8.08. The summed E-state index contributed by atoms with van der Waals surface area (Å²) in [5.74, 6) is 0.868. The molecule has 1 N–H and O–H groups in total. The lowest BCUT2D eigenvalue weighted by Gasteiger charge is -2.11. The second-order valence-electron chi connectivity index (χ2n) is 2.74. The molecule has 0 fully saturated rings. The van der Waals surface area contributed by atoms with Crippen LogP contribution in [0.3, 0.4) is 0 Å². The monoisotopic (exact) mass is 179 g/mol. The lowest BCUT2D eigenvalue weighted by molar-refractivity contribution is 0.335. The average Bonchev–Trinajstić information content (AvgIpc) is 2.18. The first-order chi connectivity index (χ1) is 6.33. The van der Waals surface area contributed by atoms with E-state index in [1.54, 1.807) is 0 Å². The summed E-state index contributed by atoms with van der Waals surface area (Å²) >= 11 is 0. The summed E-state index contributed by atoms with van der Waals surface area (Å²) in [5.41, 5.74) is 1.90. The van der Waals surface area contributed by atoms with Gasteiger partial charge in [0.25, 0.3) is 0 Å².